The van der Waals surface area contributed by atoms with E-state index in [1.807, 2.05) is 28.5 Å². The molecule has 0 aliphatic carbocycles. The number of piperidine rings is 1. The first-order valence-corrected chi connectivity index (χ1v) is 11.0. The molecule has 2 saturated heterocycles. The van der Waals surface area contributed by atoms with Gasteiger partial charge in [0.25, 0.3) is 5.91 Å². The molecule has 0 aromatic carbocycles. The first-order chi connectivity index (χ1) is 14.6. The molecule has 2 aliphatic rings. The van der Waals surface area contributed by atoms with Crippen LogP contribution in [-0.2, 0) is 0 Å². The quantitative estimate of drug-likeness (QED) is 0.666. The summed E-state index contributed by atoms with van der Waals surface area (Å²) in [5, 5.41) is 4.83. The third-order valence-electron chi connectivity index (χ3n) is 6.27. The normalized spacial score (nSPS) is 19.6. The van der Waals surface area contributed by atoms with Crippen LogP contribution in [0, 0.1) is 13.8 Å². The van der Waals surface area contributed by atoms with Crippen LogP contribution in [-0.4, -0.2) is 50.0 Å². The van der Waals surface area contributed by atoms with Crippen molar-refractivity contribution >= 4 is 17.4 Å². The summed E-state index contributed by atoms with van der Waals surface area (Å²) in [7, 11) is 0. The maximum Gasteiger partial charge on any atom is 0.273 e. The molecule has 5 heterocycles. The summed E-state index contributed by atoms with van der Waals surface area (Å²) in [6, 6.07) is 5.80. The van der Waals surface area contributed by atoms with E-state index >= 15 is 0 Å². The number of amides is 1. The van der Waals surface area contributed by atoms with Gasteiger partial charge in [0.1, 0.15) is 11.5 Å². The Hall–Kier alpha value is -2.96. The Bertz CT molecular complexity index is 1080. The third kappa shape index (κ3) is 3.42. The van der Waals surface area contributed by atoms with Crippen LogP contribution in [0.5, 0.6) is 0 Å². The Morgan fingerprint density at radius 2 is 1.87 bits per heavy atom. The van der Waals surface area contributed by atoms with E-state index in [1.165, 1.54) is 12.8 Å². The van der Waals surface area contributed by atoms with Gasteiger partial charge >= 0.3 is 0 Å². The molecule has 0 radical (unpaired) electrons. The monoisotopic (exact) mass is 404 g/mol. The van der Waals surface area contributed by atoms with Crippen LogP contribution in [0.15, 0.2) is 30.6 Å². The zero-order valence-corrected chi connectivity index (χ0v) is 17.7. The van der Waals surface area contributed by atoms with E-state index in [4.69, 9.17) is 10.1 Å². The summed E-state index contributed by atoms with van der Waals surface area (Å²) in [6.45, 7) is 6.96. The fourth-order valence-corrected chi connectivity index (χ4v) is 4.71. The fraction of sp³-hybridized carbons (Fsp3) is 0.478. The SMILES string of the molecule is Cc1ccnc(C(=O)N2CCCC[C@H]2c2cc3nc(N4CCCC4)c(C)cn3n2)c1. The fourth-order valence-electron chi connectivity index (χ4n) is 4.71. The molecule has 7 heteroatoms. The Morgan fingerprint density at radius 3 is 2.67 bits per heavy atom. The molecule has 3 aromatic heterocycles. The molecular formula is C23H28N6O. The van der Waals surface area contributed by atoms with Crippen molar-refractivity contribution < 1.29 is 4.79 Å². The lowest BCUT2D eigenvalue weighted by Crippen LogP contribution is -2.39. The molecule has 1 amide bonds. The maximum atomic E-state index is 13.2. The van der Waals surface area contributed by atoms with Gasteiger partial charge in [0.05, 0.1) is 11.7 Å². The van der Waals surface area contributed by atoms with Crippen molar-refractivity contribution in [3.05, 3.63) is 53.1 Å². The molecule has 3 aromatic rings. The predicted octanol–water partition coefficient (Wildman–Crippen LogP) is 3.71. The van der Waals surface area contributed by atoms with Crippen molar-refractivity contribution in [2.45, 2.75) is 52.0 Å². The van der Waals surface area contributed by atoms with Gasteiger partial charge in [0.15, 0.2) is 5.65 Å². The van der Waals surface area contributed by atoms with E-state index in [-0.39, 0.29) is 11.9 Å². The number of likely N-dealkylation sites (tertiary alicyclic amines) is 1. The van der Waals surface area contributed by atoms with Crippen LogP contribution in [0.4, 0.5) is 5.82 Å². The number of pyridine rings is 1. The minimum atomic E-state index is -0.0363. The van der Waals surface area contributed by atoms with Crippen molar-refractivity contribution in [1.82, 2.24) is 24.5 Å². The number of nitrogens with zero attached hydrogens (tertiary/aromatic N) is 6. The number of carbonyl (C=O) groups is 1. The Balaban J connectivity index is 1.48. The number of hydrogen-bond acceptors (Lipinski definition) is 5. The molecule has 2 aliphatic heterocycles. The Labute approximate surface area is 176 Å². The molecule has 0 saturated carbocycles. The molecule has 1 atom stereocenters. The van der Waals surface area contributed by atoms with E-state index < -0.39 is 0 Å². The number of carbonyl (C=O) groups excluding carboxylic acids is 1. The highest BCUT2D eigenvalue weighted by Gasteiger charge is 2.31. The molecule has 0 N–H and O–H groups in total. The van der Waals surface area contributed by atoms with Crippen LogP contribution < -0.4 is 4.90 Å². The molecule has 5 rings (SSSR count). The average Bonchev–Trinajstić information content (AvgIpc) is 3.42. The zero-order valence-electron chi connectivity index (χ0n) is 17.7. The van der Waals surface area contributed by atoms with Gasteiger partial charge in [-0.05, 0) is 63.6 Å². The van der Waals surface area contributed by atoms with Gasteiger partial charge in [-0.3, -0.25) is 9.78 Å². The van der Waals surface area contributed by atoms with E-state index in [0.717, 1.165) is 67.2 Å². The molecule has 30 heavy (non-hydrogen) atoms. The van der Waals surface area contributed by atoms with Crippen LogP contribution in [0.25, 0.3) is 5.65 Å². The summed E-state index contributed by atoms with van der Waals surface area (Å²) in [6.07, 6.45) is 9.24. The number of fused-ring (bicyclic) bond motifs is 1. The second-order valence-electron chi connectivity index (χ2n) is 8.54. The van der Waals surface area contributed by atoms with Gasteiger partial charge in [-0.2, -0.15) is 5.10 Å². The van der Waals surface area contributed by atoms with E-state index in [2.05, 4.69) is 29.1 Å². The predicted molar refractivity (Wildman–Crippen MR) is 116 cm³/mol. The minimum absolute atomic E-state index is 0.0117. The number of aryl methyl sites for hydroxylation is 2. The van der Waals surface area contributed by atoms with Crippen molar-refractivity contribution in [3.8, 4) is 0 Å². The lowest BCUT2D eigenvalue weighted by molar-refractivity contribution is 0.0599. The molecule has 0 unspecified atom stereocenters. The standard InChI is InChI=1S/C23H28N6O/c1-16-8-9-24-19(13-16)23(30)28-12-4-3-7-20(28)18-14-21-25-22(27-10-5-6-11-27)17(2)15-29(21)26-18/h8-9,13-15,20H,3-7,10-12H2,1-2H3/t20-/m0/s1. The van der Waals surface area contributed by atoms with E-state index in [0.29, 0.717) is 5.69 Å². The first-order valence-electron chi connectivity index (χ1n) is 11.0. The van der Waals surface area contributed by atoms with E-state index in [1.54, 1.807) is 6.20 Å². The third-order valence-corrected chi connectivity index (χ3v) is 6.27. The van der Waals surface area contributed by atoms with Crippen molar-refractivity contribution in [2.24, 2.45) is 0 Å². The van der Waals surface area contributed by atoms with Crippen LogP contribution in [0.2, 0.25) is 0 Å². The van der Waals surface area contributed by atoms with Crippen LogP contribution >= 0.6 is 0 Å². The van der Waals surface area contributed by atoms with Gasteiger partial charge in [-0.15, -0.1) is 0 Å². The number of anilines is 1. The summed E-state index contributed by atoms with van der Waals surface area (Å²) in [5.41, 5.74) is 4.46. The minimum Gasteiger partial charge on any atom is -0.356 e. The summed E-state index contributed by atoms with van der Waals surface area (Å²) in [4.78, 5) is 26.8. The number of hydrogen-bond donors (Lipinski definition) is 0. The summed E-state index contributed by atoms with van der Waals surface area (Å²) < 4.78 is 1.87. The van der Waals surface area contributed by atoms with Gasteiger partial charge in [-0.25, -0.2) is 9.50 Å². The van der Waals surface area contributed by atoms with Gasteiger partial charge in [0, 0.05) is 43.7 Å². The maximum absolute atomic E-state index is 13.2. The van der Waals surface area contributed by atoms with Crippen molar-refractivity contribution in [2.75, 3.05) is 24.5 Å². The topological polar surface area (TPSA) is 66.6 Å². The molecular weight excluding hydrogens is 376 g/mol. The van der Waals surface area contributed by atoms with Crippen LogP contribution in [0.3, 0.4) is 0 Å². The smallest absolute Gasteiger partial charge is 0.273 e. The molecule has 0 spiro atoms. The largest absolute Gasteiger partial charge is 0.356 e. The number of aromatic nitrogens is 4. The van der Waals surface area contributed by atoms with Gasteiger partial charge in [-0.1, -0.05) is 0 Å². The number of rotatable bonds is 3. The molecule has 0 bridgehead atoms. The van der Waals surface area contributed by atoms with Gasteiger partial charge in [0.2, 0.25) is 0 Å². The zero-order chi connectivity index (χ0) is 20.7. The first kappa shape index (κ1) is 19.0. The van der Waals surface area contributed by atoms with Crippen molar-refractivity contribution in [1.29, 1.82) is 0 Å². The average molecular weight is 405 g/mol. The highest BCUT2D eigenvalue weighted by atomic mass is 16.2. The Kier molecular flexibility index (Phi) is 4.89. The lowest BCUT2D eigenvalue weighted by Gasteiger charge is -2.34. The highest BCUT2D eigenvalue weighted by molar-refractivity contribution is 5.92. The van der Waals surface area contributed by atoms with Crippen molar-refractivity contribution in [3.63, 3.8) is 0 Å². The molecule has 7 nitrogen and oxygen atoms in total. The summed E-state index contributed by atoms with van der Waals surface area (Å²) in [5.74, 6) is 1.05. The second kappa shape index (κ2) is 7.70. The molecule has 2 fully saturated rings. The van der Waals surface area contributed by atoms with E-state index in [9.17, 15) is 4.79 Å². The molecule has 156 valence electrons. The second-order valence-corrected chi connectivity index (χ2v) is 8.54. The summed E-state index contributed by atoms with van der Waals surface area (Å²) >= 11 is 0. The van der Waals surface area contributed by atoms with Gasteiger partial charge < -0.3 is 9.80 Å². The van der Waals surface area contributed by atoms with Crippen LogP contribution in [0.1, 0.15) is 65.5 Å². The Morgan fingerprint density at radius 1 is 1.07 bits per heavy atom. The lowest BCUT2D eigenvalue weighted by atomic mass is 9.98. The highest BCUT2D eigenvalue weighted by Crippen LogP contribution is 2.32.